The van der Waals surface area contributed by atoms with Crippen molar-refractivity contribution in [1.29, 1.82) is 0 Å². The predicted octanol–water partition coefficient (Wildman–Crippen LogP) is 2.09. The summed E-state index contributed by atoms with van der Waals surface area (Å²) in [6, 6.07) is 10.1. The topological polar surface area (TPSA) is 78.0 Å². The van der Waals surface area contributed by atoms with E-state index in [-0.39, 0.29) is 22.6 Å². The zero-order chi connectivity index (χ0) is 21.5. The molecule has 1 aliphatic carbocycles. The standard InChI is InChI=1S/C21H25N3O4S2/c1-22(2)30(27,28)16-7-5-15(6-8-16)20(25)23-9-11-24(12-10-23)21(26)18-14-17(18)19-4-3-13-29-19/h3-8,13,17-18H,9-12,14H2,1-2H3/t17-,18+/m0/s1. The molecule has 0 unspecified atom stereocenters. The number of amides is 2. The molecule has 2 atom stereocenters. The minimum Gasteiger partial charge on any atom is -0.339 e. The molecule has 2 heterocycles. The van der Waals surface area contributed by atoms with Crippen molar-refractivity contribution < 1.29 is 18.0 Å². The second-order valence-electron chi connectivity index (χ2n) is 7.89. The molecule has 1 aromatic carbocycles. The minimum absolute atomic E-state index is 0.0806. The average Bonchev–Trinajstić information content (AvgIpc) is 3.37. The third-order valence-corrected chi connectivity index (χ3v) is 8.61. The molecular weight excluding hydrogens is 422 g/mol. The Hall–Kier alpha value is -2.23. The molecule has 1 saturated carbocycles. The maximum atomic E-state index is 12.8. The van der Waals surface area contributed by atoms with Crippen molar-refractivity contribution in [2.75, 3.05) is 40.3 Å². The van der Waals surface area contributed by atoms with Gasteiger partial charge in [-0.1, -0.05) is 6.07 Å². The zero-order valence-corrected chi connectivity index (χ0v) is 18.7. The molecule has 2 aromatic rings. The van der Waals surface area contributed by atoms with Gasteiger partial charge in [0.2, 0.25) is 15.9 Å². The van der Waals surface area contributed by atoms with E-state index in [1.54, 1.807) is 28.4 Å². The maximum absolute atomic E-state index is 12.8. The molecule has 0 N–H and O–H groups in total. The lowest BCUT2D eigenvalue weighted by atomic mass is 10.1. The van der Waals surface area contributed by atoms with E-state index < -0.39 is 10.0 Å². The Bertz CT molecular complexity index is 1020. The van der Waals surface area contributed by atoms with Crippen LogP contribution < -0.4 is 0 Å². The molecule has 2 fully saturated rings. The summed E-state index contributed by atoms with van der Waals surface area (Å²) < 4.78 is 25.5. The molecule has 0 bridgehead atoms. The lowest BCUT2D eigenvalue weighted by Gasteiger charge is -2.35. The highest BCUT2D eigenvalue weighted by Gasteiger charge is 2.46. The molecule has 2 amide bonds. The fraction of sp³-hybridized carbons (Fsp3) is 0.429. The fourth-order valence-corrected chi connectivity index (χ4v) is 5.62. The smallest absolute Gasteiger partial charge is 0.253 e. The van der Waals surface area contributed by atoms with E-state index in [2.05, 4.69) is 6.07 Å². The Morgan fingerprint density at radius 1 is 1.00 bits per heavy atom. The summed E-state index contributed by atoms with van der Waals surface area (Å²) in [4.78, 5) is 30.6. The number of thiophene rings is 1. The highest BCUT2D eigenvalue weighted by molar-refractivity contribution is 7.89. The molecular formula is C21H25N3O4S2. The molecule has 1 saturated heterocycles. The number of hydrogen-bond acceptors (Lipinski definition) is 5. The molecule has 4 rings (SSSR count). The Labute approximate surface area is 180 Å². The second-order valence-corrected chi connectivity index (χ2v) is 11.0. The van der Waals surface area contributed by atoms with Gasteiger partial charge in [-0.15, -0.1) is 11.3 Å². The summed E-state index contributed by atoms with van der Waals surface area (Å²) in [6.07, 6.45) is 0.917. The number of sulfonamides is 1. The van der Waals surface area contributed by atoms with Gasteiger partial charge in [-0.2, -0.15) is 0 Å². The van der Waals surface area contributed by atoms with Gasteiger partial charge in [-0.05, 0) is 42.1 Å². The molecule has 2 aliphatic rings. The highest BCUT2D eigenvalue weighted by atomic mass is 32.2. The van der Waals surface area contributed by atoms with Crippen molar-refractivity contribution in [2.45, 2.75) is 17.2 Å². The largest absolute Gasteiger partial charge is 0.339 e. The molecule has 0 radical (unpaired) electrons. The maximum Gasteiger partial charge on any atom is 0.253 e. The fourth-order valence-electron chi connectivity index (χ4n) is 3.81. The van der Waals surface area contributed by atoms with Crippen molar-refractivity contribution in [2.24, 2.45) is 5.92 Å². The number of hydrogen-bond donors (Lipinski definition) is 0. The van der Waals surface area contributed by atoms with Crippen LogP contribution in [0.2, 0.25) is 0 Å². The van der Waals surface area contributed by atoms with Gasteiger partial charge in [-0.25, -0.2) is 12.7 Å². The van der Waals surface area contributed by atoms with E-state index in [1.807, 2.05) is 16.3 Å². The van der Waals surface area contributed by atoms with Crippen molar-refractivity contribution in [3.63, 3.8) is 0 Å². The normalized spacial score (nSPS) is 21.7. The monoisotopic (exact) mass is 447 g/mol. The molecule has 1 aliphatic heterocycles. The Balaban J connectivity index is 1.33. The lowest BCUT2D eigenvalue weighted by molar-refractivity contribution is -0.134. The Kier molecular flexibility index (Phi) is 5.69. The first-order valence-corrected chi connectivity index (χ1v) is 12.2. The van der Waals surface area contributed by atoms with Crippen LogP contribution in [0.4, 0.5) is 0 Å². The average molecular weight is 448 g/mol. The molecule has 7 nitrogen and oxygen atoms in total. The van der Waals surface area contributed by atoms with Gasteiger partial charge in [0.05, 0.1) is 4.90 Å². The zero-order valence-electron chi connectivity index (χ0n) is 17.0. The van der Waals surface area contributed by atoms with Crippen LogP contribution in [0.15, 0.2) is 46.7 Å². The Morgan fingerprint density at radius 2 is 1.63 bits per heavy atom. The second kappa shape index (κ2) is 8.13. The molecule has 160 valence electrons. The van der Waals surface area contributed by atoms with Gasteiger partial charge in [0.1, 0.15) is 0 Å². The van der Waals surface area contributed by atoms with E-state index in [0.717, 1.165) is 10.7 Å². The third-order valence-electron chi connectivity index (χ3n) is 5.77. The summed E-state index contributed by atoms with van der Waals surface area (Å²) in [7, 11) is -0.576. The first-order chi connectivity index (χ1) is 14.3. The first-order valence-electron chi connectivity index (χ1n) is 9.93. The number of nitrogens with zero attached hydrogens (tertiary/aromatic N) is 3. The number of rotatable bonds is 5. The van der Waals surface area contributed by atoms with Crippen LogP contribution in [0.3, 0.4) is 0 Å². The van der Waals surface area contributed by atoms with Crippen LogP contribution in [-0.4, -0.2) is 74.6 Å². The molecule has 1 aromatic heterocycles. The quantitative estimate of drug-likeness (QED) is 0.703. The Morgan fingerprint density at radius 3 is 2.20 bits per heavy atom. The number of carbonyl (C=O) groups is 2. The number of benzene rings is 1. The summed E-state index contributed by atoms with van der Waals surface area (Å²) in [6.45, 7) is 2.04. The lowest BCUT2D eigenvalue weighted by Crippen LogP contribution is -2.51. The third kappa shape index (κ3) is 4.01. The van der Waals surface area contributed by atoms with Crippen molar-refractivity contribution in [1.82, 2.24) is 14.1 Å². The van der Waals surface area contributed by atoms with Gasteiger partial charge in [0, 0.05) is 62.6 Å². The van der Waals surface area contributed by atoms with Crippen LogP contribution in [0.1, 0.15) is 27.6 Å². The van der Waals surface area contributed by atoms with E-state index in [9.17, 15) is 18.0 Å². The van der Waals surface area contributed by atoms with Crippen LogP contribution in [0.5, 0.6) is 0 Å². The highest BCUT2D eigenvalue weighted by Crippen LogP contribution is 2.50. The van der Waals surface area contributed by atoms with Crippen LogP contribution in [-0.2, 0) is 14.8 Å². The van der Waals surface area contributed by atoms with Crippen LogP contribution >= 0.6 is 11.3 Å². The number of piperazine rings is 1. The predicted molar refractivity (Wildman–Crippen MR) is 115 cm³/mol. The van der Waals surface area contributed by atoms with Gasteiger partial charge in [-0.3, -0.25) is 9.59 Å². The van der Waals surface area contributed by atoms with E-state index in [4.69, 9.17) is 0 Å². The molecule has 0 spiro atoms. The summed E-state index contributed by atoms with van der Waals surface area (Å²) >= 11 is 1.70. The van der Waals surface area contributed by atoms with Crippen LogP contribution in [0.25, 0.3) is 0 Å². The van der Waals surface area contributed by atoms with Crippen LogP contribution in [0, 0.1) is 5.92 Å². The van der Waals surface area contributed by atoms with E-state index in [0.29, 0.717) is 37.7 Å². The first kappa shape index (κ1) is 21.0. The van der Waals surface area contributed by atoms with Crippen molar-refractivity contribution in [3.8, 4) is 0 Å². The van der Waals surface area contributed by atoms with Gasteiger partial charge in [0.15, 0.2) is 0 Å². The van der Waals surface area contributed by atoms with E-state index in [1.165, 1.54) is 31.1 Å². The minimum atomic E-state index is -3.52. The molecule has 30 heavy (non-hydrogen) atoms. The van der Waals surface area contributed by atoms with Crippen molar-refractivity contribution in [3.05, 3.63) is 52.2 Å². The van der Waals surface area contributed by atoms with Crippen molar-refractivity contribution >= 4 is 33.2 Å². The van der Waals surface area contributed by atoms with E-state index >= 15 is 0 Å². The van der Waals surface area contributed by atoms with Gasteiger partial charge < -0.3 is 9.80 Å². The van der Waals surface area contributed by atoms with Gasteiger partial charge in [0.25, 0.3) is 5.91 Å². The summed E-state index contributed by atoms with van der Waals surface area (Å²) in [5.74, 6) is 0.490. The SMILES string of the molecule is CN(C)S(=O)(=O)c1ccc(C(=O)N2CCN(C(=O)[C@@H]3C[C@@H]3c3cccs3)CC2)cc1. The molecule has 9 heteroatoms. The van der Waals surface area contributed by atoms with Gasteiger partial charge >= 0.3 is 0 Å². The summed E-state index contributed by atoms with van der Waals surface area (Å²) in [5, 5.41) is 2.04. The summed E-state index contributed by atoms with van der Waals surface area (Å²) in [5.41, 5.74) is 0.451. The number of carbonyl (C=O) groups excluding carboxylic acids is 2.